The largest absolute Gasteiger partial charge is 0.493 e. The first kappa shape index (κ1) is 23.5. The van der Waals surface area contributed by atoms with Gasteiger partial charge < -0.3 is 24.3 Å². The molecule has 0 aliphatic rings. The average molecular weight is 417 g/mol. The van der Waals surface area contributed by atoms with Crippen LogP contribution in [0, 0.1) is 6.92 Å². The molecule has 0 spiro atoms. The number of aryl methyl sites for hydroxylation is 2. The first-order chi connectivity index (χ1) is 14.4. The van der Waals surface area contributed by atoms with Gasteiger partial charge in [-0.1, -0.05) is 13.8 Å². The summed E-state index contributed by atoms with van der Waals surface area (Å²) < 4.78 is 13.0. The van der Waals surface area contributed by atoms with E-state index in [1.165, 1.54) is 5.56 Å². The van der Waals surface area contributed by atoms with Crippen molar-refractivity contribution >= 4 is 5.96 Å². The van der Waals surface area contributed by atoms with Crippen LogP contribution < -0.4 is 14.8 Å². The summed E-state index contributed by atoms with van der Waals surface area (Å²) in [6, 6.07) is 4.38. The van der Waals surface area contributed by atoms with Crippen molar-refractivity contribution < 1.29 is 9.47 Å². The molecule has 1 unspecified atom stereocenters. The Morgan fingerprint density at radius 1 is 1.23 bits per heavy atom. The highest BCUT2D eigenvalue weighted by Gasteiger charge is 2.14. The van der Waals surface area contributed by atoms with Gasteiger partial charge in [-0.2, -0.15) is 0 Å². The van der Waals surface area contributed by atoms with Gasteiger partial charge in [-0.05, 0) is 43.5 Å². The number of aromatic nitrogens is 3. The van der Waals surface area contributed by atoms with Crippen molar-refractivity contribution in [2.45, 2.75) is 59.7 Å². The molecule has 0 bridgehead atoms. The van der Waals surface area contributed by atoms with Gasteiger partial charge in [0, 0.05) is 32.6 Å². The van der Waals surface area contributed by atoms with Gasteiger partial charge in [-0.3, -0.25) is 4.99 Å². The lowest BCUT2D eigenvalue weighted by atomic mass is 10.1. The molecule has 30 heavy (non-hydrogen) atoms. The number of rotatable bonds is 10. The summed E-state index contributed by atoms with van der Waals surface area (Å²) in [6.45, 7) is 10.6. The quantitative estimate of drug-likeness (QED) is 0.474. The lowest BCUT2D eigenvalue weighted by Gasteiger charge is -2.26. The normalized spacial score (nSPS) is 12.6. The molecule has 0 aliphatic heterocycles. The van der Waals surface area contributed by atoms with Crippen LogP contribution in [0.2, 0.25) is 0 Å². The Hall–Kier alpha value is -2.77. The minimum Gasteiger partial charge on any atom is -0.493 e. The van der Waals surface area contributed by atoms with Crippen LogP contribution in [0.15, 0.2) is 23.5 Å². The van der Waals surface area contributed by atoms with Crippen LogP contribution in [0.5, 0.6) is 11.5 Å². The van der Waals surface area contributed by atoms with Crippen molar-refractivity contribution in [2.75, 3.05) is 27.8 Å². The molecule has 0 fully saturated rings. The Morgan fingerprint density at radius 2 is 1.93 bits per heavy atom. The van der Waals surface area contributed by atoms with Crippen molar-refractivity contribution in [3.8, 4) is 11.5 Å². The monoisotopic (exact) mass is 416 g/mol. The number of aliphatic imine (C=N–C) groups is 1. The first-order valence-corrected chi connectivity index (χ1v) is 10.5. The number of hydrogen-bond acceptors (Lipinski definition) is 5. The van der Waals surface area contributed by atoms with E-state index in [2.05, 4.69) is 59.7 Å². The molecule has 0 saturated heterocycles. The van der Waals surface area contributed by atoms with E-state index in [1.54, 1.807) is 20.5 Å². The van der Waals surface area contributed by atoms with E-state index in [0.717, 1.165) is 48.2 Å². The topological polar surface area (TPSA) is 76.8 Å². The highest BCUT2D eigenvalue weighted by atomic mass is 16.5. The van der Waals surface area contributed by atoms with Gasteiger partial charge in [0.15, 0.2) is 17.5 Å². The summed E-state index contributed by atoms with van der Waals surface area (Å²) in [5, 5.41) is 11.7. The van der Waals surface area contributed by atoms with E-state index < -0.39 is 0 Å². The molecule has 1 aromatic heterocycles. The van der Waals surface area contributed by atoms with Crippen molar-refractivity contribution in [1.29, 1.82) is 0 Å². The zero-order valence-corrected chi connectivity index (χ0v) is 19.4. The first-order valence-electron chi connectivity index (χ1n) is 10.5. The Labute approximate surface area is 180 Å². The number of ether oxygens (including phenoxy) is 2. The summed E-state index contributed by atoms with van der Waals surface area (Å²) in [6.07, 6.45) is 3.65. The molecule has 1 atom stereocenters. The summed E-state index contributed by atoms with van der Waals surface area (Å²) >= 11 is 0. The molecular weight excluding hydrogens is 380 g/mol. The lowest BCUT2D eigenvalue weighted by Crippen LogP contribution is -2.43. The van der Waals surface area contributed by atoms with E-state index in [0.29, 0.717) is 19.1 Å². The maximum absolute atomic E-state index is 5.48. The molecule has 0 aliphatic carbocycles. The van der Waals surface area contributed by atoms with Crippen molar-refractivity contribution in [2.24, 2.45) is 4.99 Å². The van der Waals surface area contributed by atoms with Crippen LogP contribution in [0.3, 0.4) is 0 Å². The SMILES string of the molecule is CCc1nncn1CCN=C(NC(C)CC)N(C)Cc1cc(OC)c(OC)cc1C. The average Bonchev–Trinajstić information content (AvgIpc) is 3.21. The third-order valence-electron chi connectivity index (χ3n) is 5.21. The summed E-state index contributed by atoms with van der Waals surface area (Å²) in [5.41, 5.74) is 2.32. The van der Waals surface area contributed by atoms with Crippen LogP contribution in [-0.2, 0) is 19.5 Å². The van der Waals surface area contributed by atoms with E-state index in [4.69, 9.17) is 14.5 Å². The minimum atomic E-state index is 0.332. The zero-order chi connectivity index (χ0) is 22.1. The van der Waals surface area contributed by atoms with Gasteiger partial charge in [0.2, 0.25) is 0 Å². The number of guanidine groups is 1. The zero-order valence-electron chi connectivity index (χ0n) is 19.4. The molecule has 1 aromatic carbocycles. The second-order valence-corrected chi connectivity index (χ2v) is 7.44. The number of benzene rings is 1. The van der Waals surface area contributed by atoms with Gasteiger partial charge in [-0.25, -0.2) is 0 Å². The fourth-order valence-corrected chi connectivity index (χ4v) is 3.13. The van der Waals surface area contributed by atoms with Crippen LogP contribution >= 0.6 is 0 Å². The van der Waals surface area contributed by atoms with Crippen LogP contribution in [0.1, 0.15) is 44.1 Å². The van der Waals surface area contributed by atoms with Crippen molar-refractivity contribution in [3.05, 3.63) is 35.4 Å². The highest BCUT2D eigenvalue weighted by Crippen LogP contribution is 2.30. The van der Waals surface area contributed by atoms with Crippen LogP contribution in [0.25, 0.3) is 0 Å². The van der Waals surface area contributed by atoms with Gasteiger partial charge in [0.1, 0.15) is 12.2 Å². The summed E-state index contributed by atoms with van der Waals surface area (Å²) in [4.78, 5) is 7.01. The molecule has 0 radical (unpaired) electrons. The minimum absolute atomic E-state index is 0.332. The second kappa shape index (κ2) is 11.4. The van der Waals surface area contributed by atoms with Crippen molar-refractivity contribution in [1.82, 2.24) is 25.0 Å². The van der Waals surface area contributed by atoms with Gasteiger partial charge in [0.05, 0.1) is 20.8 Å². The second-order valence-electron chi connectivity index (χ2n) is 7.44. The molecule has 2 rings (SSSR count). The van der Waals surface area contributed by atoms with Gasteiger partial charge >= 0.3 is 0 Å². The van der Waals surface area contributed by atoms with E-state index in [1.807, 2.05) is 12.1 Å². The molecule has 1 N–H and O–H groups in total. The standard InChI is InChI=1S/C22H36N6O2/c1-8-17(4)25-22(23-10-11-28-15-24-26-21(28)9-2)27(5)14-18-13-20(30-7)19(29-6)12-16(18)3/h12-13,15,17H,8-11,14H2,1-7H3,(H,23,25). The maximum atomic E-state index is 5.48. The number of nitrogens with one attached hydrogen (secondary N) is 1. The molecule has 8 heteroatoms. The third-order valence-corrected chi connectivity index (χ3v) is 5.21. The van der Waals surface area contributed by atoms with E-state index in [-0.39, 0.29) is 0 Å². The molecule has 1 heterocycles. The fourth-order valence-electron chi connectivity index (χ4n) is 3.13. The highest BCUT2D eigenvalue weighted by molar-refractivity contribution is 5.80. The molecule has 2 aromatic rings. The number of hydrogen-bond donors (Lipinski definition) is 1. The number of nitrogens with zero attached hydrogens (tertiary/aromatic N) is 5. The molecule has 0 saturated carbocycles. The molecule has 166 valence electrons. The predicted octanol–water partition coefficient (Wildman–Crippen LogP) is 3.04. The molecule has 8 nitrogen and oxygen atoms in total. The number of methoxy groups -OCH3 is 2. The Morgan fingerprint density at radius 3 is 2.57 bits per heavy atom. The summed E-state index contributed by atoms with van der Waals surface area (Å²) in [7, 11) is 5.37. The fraction of sp³-hybridized carbons (Fsp3) is 0.591. The van der Waals surface area contributed by atoms with Gasteiger partial charge in [-0.15, -0.1) is 10.2 Å². The summed E-state index contributed by atoms with van der Waals surface area (Å²) in [5.74, 6) is 3.34. The lowest BCUT2D eigenvalue weighted by molar-refractivity contribution is 0.353. The molecular formula is C22H36N6O2. The smallest absolute Gasteiger partial charge is 0.194 e. The predicted molar refractivity (Wildman–Crippen MR) is 120 cm³/mol. The van der Waals surface area contributed by atoms with E-state index >= 15 is 0 Å². The Kier molecular flexibility index (Phi) is 8.95. The maximum Gasteiger partial charge on any atom is 0.194 e. The van der Waals surface area contributed by atoms with Crippen molar-refractivity contribution in [3.63, 3.8) is 0 Å². The van der Waals surface area contributed by atoms with Crippen LogP contribution in [0.4, 0.5) is 0 Å². The Balaban J connectivity index is 2.17. The third kappa shape index (κ3) is 6.11. The Bertz CT molecular complexity index is 833. The van der Waals surface area contributed by atoms with E-state index in [9.17, 15) is 0 Å². The van der Waals surface area contributed by atoms with Crippen LogP contribution in [-0.4, -0.2) is 59.5 Å². The molecule has 0 amide bonds. The van der Waals surface area contributed by atoms with Gasteiger partial charge in [0.25, 0.3) is 0 Å².